The van der Waals surface area contributed by atoms with Crippen LogP contribution in [0.2, 0.25) is 0 Å². The first-order valence-corrected chi connectivity index (χ1v) is 7.85. The van der Waals surface area contributed by atoms with Crippen molar-refractivity contribution in [1.29, 1.82) is 0 Å². The minimum atomic E-state index is -3.68. The summed E-state index contributed by atoms with van der Waals surface area (Å²) in [5.74, 6) is -1.20. The molecule has 0 aromatic heterocycles. The van der Waals surface area contributed by atoms with E-state index in [0.29, 0.717) is 19.3 Å². The maximum Gasteiger partial charge on any atom is 0.310 e. The summed E-state index contributed by atoms with van der Waals surface area (Å²) in [4.78, 5) is 11.5. The van der Waals surface area contributed by atoms with Gasteiger partial charge in [-0.05, 0) is 12.8 Å². The number of halogens is 2. The Labute approximate surface area is 116 Å². The van der Waals surface area contributed by atoms with Crippen molar-refractivity contribution in [1.82, 2.24) is 4.72 Å². The molecule has 0 heterocycles. The lowest BCUT2D eigenvalue weighted by molar-refractivity contribution is -0.145. The van der Waals surface area contributed by atoms with Crippen LogP contribution in [-0.2, 0) is 24.3 Å². The molecule has 9 heteroatoms. The molecule has 1 aliphatic rings. The van der Waals surface area contributed by atoms with Gasteiger partial charge in [0.25, 0.3) is 6.43 Å². The molecule has 1 rings (SSSR count). The number of alkyl halides is 2. The van der Waals surface area contributed by atoms with Crippen LogP contribution in [-0.4, -0.2) is 52.9 Å². The second-order valence-corrected chi connectivity index (χ2v) is 6.49. The van der Waals surface area contributed by atoms with Crippen molar-refractivity contribution in [2.75, 3.05) is 26.9 Å². The lowest BCUT2D eigenvalue weighted by Crippen LogP contribution is -2.40. The SMILES string of the molecule is COC(=O)C1CCCC1S(=O)(=O)NCCOCC(F)F. The van der Waals surface area contributed by atoms with Gasteiger partial charge in [-0.1, -0.05) is 6.42 Å². The van der Waals surface area contributed by atoms with Crippen molar-refractivity contribution in [2.24, 2.45) is 5.92 Å². The third-order valence-corrected chi connectivity index (χ3v) is 5.12. The maximum absolute atomic E-state index is 12.0. The Morgan fingerprint density at radius 3 is 2.70 bits per heavy atom. The number of nitrogens with one attached hydrogen (secondary N) is 1. The van der Waals surface area contributed by atoms with E-state index in [0.717, 1.165) is 0 Å². The first kappa shape index (κ1) is 17.3. The van der Waals surface area contributed by atoms with E-state index in [4.69, 9.17) is 0 Å². The fourth-order valence-electron chi connectivity index (χ4n) is 2.25. The zero-order valence-electron chi connectivity index (χ0n) is 11.2. The molecule has 118 valence electrons. The lowest BCUT2D eigenvalue weighted by Gasteiger charge is -2.18. The fourth-order valence-corrected chi connectivity index (χ4v) is 3.99. The fraction of sp³-hybridized carbons (Fsp3) is 0.909. The van der Waals surface area contributed by atoms with Gasteiger partial charge in [0.15, 0.2) is 0 Å². The van der Waals surface area contributed by atoms with Crippen molar-refractivity contribution >= 4 is 16.0 Å². The van der Waals surface area contributed by atoms with Gasteiger partial charge < -0.3 is 9.47 Å². The molecule has 0 spiro atoms. The quantitative estimate of drug-likeness (QED) is 0.522. The first-order valence-electron chi connectivity index (χ1n) is 6.30. The smallest absolute Gasteiger partial charge is 0.310 e. The number of rotatable bonds is 8. The number of methoxy groups -OCH3 is 1. The zero-order valence-corrected chi connectivity index (χ0v) is 12.0. The first-order chi connectivity index (χ1) is 9.38. The van der Waals surface area contributed by atoms with Crippen molar-refractivity contribution in [2.45, 2.75) is 30.9 Å². The number of hydrogen-bond donors (Lipinski definition) is 1. The van der Waals surface area contributed by atoms with E-state index in [1.54, 1.807) is 0 Å². The number of carbonyl (C=O) groups is 1. The summed E-state index contributed by atoms with van der Waals surface area (Å²) in [6.45, 7) is -0.964. The zero-order chi connectivity index (χ0) is 15.2. The minimum Gasteiger partial charge on any atom is -0.469 e. The van der Waals surface area contributed by atoms with Crippen LogP contribution in [0.1, 0.15) is 19.3 Å². The molecular formula is C11H19F2NO5S. The molecule has 0 saturated heterocycles. The lowest BCUT2D eigenvalue weighted by atomic mass is 10.1. The second-order valence-electron chi connectivity index (χ2n) is 4.50. The van der Waals surface area contributed by atoms with Crippen molar-refractivity contribution < 1.29 is 31.5 Å². The van der Waals surface area contributed by atoms with Gasteiger partial charge in [-0.25, -0.2) is 21.9 Å². The molecule has 1 saturated carbocycles. The van der Waals surface area contributed by atoms with Crippen LogP contribution in [0.25, 0.3) is 0 Å². The largest absolute Gasteiger partial charge is 0.469 e. The van der Waals surface area contributed by atoms with Crippen molar-refractivity contribution in [3.8, 4) is 0 Å². The predicted molar refractivity (Wildman–Crippen MR) is 66.9 cm³/mol. The van der Waals surface area contributed by atoms with Gasteiger partial charge in [0.1, 0.15) is 6.61 Å². The number of carbonyl (C=O) groups excluding carboxylic acids is 1. The molecule has 0 radical (unpaired) electrons. The van der Waals surface area contributed by atoms with Gasteiger partial charge in [0, 0.05) is 6.54 Å². The molecule has 0 aromatic rings. The molecule has 6 nitrogen and oxygen atoms in total. The number of sulfonamides is 1. The summed E-state index contributed by atoms with van der Waals surface area (Å²) < 4.78 is 59.1. The Kier molecular flexibility index (Phi) is 6.77. The van der Waals surface area contributed by atoms with Crippen LogP contribution < -0.4 is 4.72 Å². The highest BCUT2D eigenvalue weighted by Gasteiger charge is 2.41. The van der Waals surface area contributed by atoms with Gasteiger partial charge in [0.2, 0.25) is 10.0 Å². The van der Waals surface area contributed by atoms with Crippen LogP contribution in [0, 0.1) is 5.92 Å². The molecule has 2 atom stereocenters. The molecular weight excluding hydrogens is 296 g/mol. The Hall–Kier alpha value is -0.800. The maximum atomic E-state index is 12.0. The van der Waals surface area contributed by atoms with Gasteiger partial charge in [-0.3, -0.25) is 4.79 Å². The highest BCUT2D eigenvalue weighted by Crippen LogP contribution is 2.31. The highest BCUT2D eigenvalue weighted by atomic mass is 32.2. The molecule has 1 N–H and O–H groups in total. The van der Waals surface area contributed by atoms with E-state index in [1.807, 2.05) is 0 Å². The van der Waals surface area contributed by atoms with Crippen LogP contribution in [0.5, 0.6) is 0 Å². The monoisotopic (exact) mass is 315 g/mol. The van der Waals surface area contributed by atoms with Gasteiger partial charge in [-0.2, -0.15) is 0 Å². The topological polar surface area (TPSA) is 81.7 Å². The number of ether oxygens (including phenoxy) is 2. The van der Waals surface area contributed by atoms with E-state index < -0.39 is 40.2 Å². The molecule has 2 unspecified atom stereocenters. The van der Waals surface area contributed by atoms with Gasteiger partial charge in [0.05, 0.1) is 24.9 Å². The highest BCUT2D eigenvalue weighted by molar-refractivity contribution is 7.90. The average molecular weight is 315 g/mol. The van der Waals surface area contributed by atoms with Crippen LogP contribution >= 0.6 is 0 Å². The molecule has 1 aliphatic carbocycles. The Bertz CT molecular complexity index is 415. The summed E-state index contributed by atoms with van der Waals surface area (Å²) in [5.41, 5.74) is 0. The summed E-state index contributed by atoms with van der Waals surface area (Å²) >= 11 is 0. The van der Waals surface area contributed by atoms with Gasteiger partial charge in [-0.15, -0.1) is 0 Å². The van der Waals surface area contributed by atoms with Crippen LogP contribution in [0.4, 0.5) is 8.78 Å². The second kappa shape index (κ2) is 7.84. The number of hydrogen-bond acceptors (Lipinski definition) is 5. The van der Waals surface area contributed by atoms with Crippen LogP contribution in [0.15, 0.2) is 0 Å². The molecule has 0 bridgehead atoms. The molecule has 0 aliphatic heterocycles. The third kappa shape index (κ3) is 4.95. The summed E-state index contributed by atoms with van der Waals surface area (Å²) in [6, 6.07) is 0. The Balaban J connectivity index is 2.45. The standard InChI is InChI=1S/C11H19F2NO5S/c1-18-11(15)8-3-2-4-9(8)20(16,17)14-5-6-19-7-10(12)13/h8-10,14H,2-7H2,1H3. The molecule has 0 aromatic carbocycles. The van der Waals surface area contributed by atoms with E-state index in [1.165, 1.54) is 7.11 Å². The summed E-state index contributed by atoms with van der Waals surface area (Å²) in [5, 5.41) is -0.829. The Morgan fingerprint density at radius 1 is 1.40 bits per heavy atom. The predicted octanol–water partition coefficient (Wildman–Crippen LogP) is 0.529. The average Bonchev–Trinajstić information content (AvgIpc) is 2.87. The molecule has 0 amide bonds. The van der Waals surface area contributed by atoms with Crippen molar-refractivity contribution in [3.05, 3.63) is 0 Å². The van der Waals surface area contributed by atoms with Crippen molar-refractivity contribution in [3.63, 3.8) is 0 Å². The van der Waals surface area contributed by atoms with E-state index in [2.05, 4.69) is 14.2 Å². The molecule has 1 fully saturated rings. The van der Waals surface area contributed by atoms with E-state index in [-0.39, 0.29) is 13.2 Å². The third-order valence-electron chi connectivity index (χ3n) is 3.15. The van der Waals surface area contributed by atoms with E-state index >= 15 is 0 Å². The number of esters is 1. The molecule has 20 heavy (non-hydrogen) atoms. The Morgan fingerprint density at radius 2 is 2.10 bits per heavy atom. The van der Waals surface area contributed by atoms with Gasteiger partial charge >= 0.3 is 5.97 Å². The van der Waals surface area contributed by atoms with Crippen LogP contribution in [0.3, 0.4) is 0 Å². The minimum absolute atomic E-state index is 0.0978. The summed E-state index contributed by atoms with van der Waals surface area (Å²) in [6.07, 6.45) is -1.09. The van der Waals surface area contributed by atoms with E-state index in [9.17, 15) is 22.0 Å². The summed E-state index contributed by atoms with van der Waals surface area (Å²) in [7, 11) is -2.47. The normalized spacial score (nSPS) is 23.2.